The van der Waals surface area contributed by atoms with E-state index >= 15 is 0 Å². The van der Waals surface area contributed by atoms with Gasteiger partial charge in [-0.05, 0) is 61.4 Å². The lowest BCUT2D eigenvalue weighted by Gasteiger charge is -2.14. The van der Waals surface area contributed by atoms with E-state index in [9.17, 15) is 13.2 Å². The van der Waals surface area contributed by atoms with E-state index in [2.05, 4.69) is 15.3 Å². The van der Waals surface area contributed by atoms with Crippen LogP contribution in [0.4, 0.5) is 0 Å². The van der Waals surface area contributed by atoms with Gasteiger partial charge in [-0.25, -0.2) is 17.9 Å². The van der Waals surface area contributed by atoms with E-state index in [1.807, 2.05) is 25.1 Å². The Morgan fingerprint density at radius 2 is 1.74 bits per heavy atom. The third-order valence-corrected chi connectivity index (χ3v) is 7.58. The van der Waals surface area contributed by atoms with Gasteiger partial charge in [0.2, 0.25) is 9.84 Å². The van der Waals surface area contributed by atoms with E-state index in [1.54, 1.807) is 55.5 Å². The van der Waals surface area contributed by atoms with Crippen molar-refractivity contribution in [3.63, 3.8) is 0 Å². The van der Waals surface area contributed by atoms with Crippen LogP contribution < -0.4 is 0 Å². The van der Waals surface area contributed by atoms with Gasteiger partial charge in [-0.2, -0.15) is 0 Å². The van der Waals surface area contributed by atoms with E-state index < -0.39 is 15.8 Å². The summed E-state index contributed by atoms with van der Waals surface area (Å²) in [4.78, 5) is 17.0. The molecule has 0 unspecified atom stereocenters. The summed E-state index contributed by atoms with van der Waals surface area (Å²) in [6.07, 6.45) is 2.13. The second kappa shape index (κ2) is 8.92. The molecule has 0 fully saturated rings. The maximum atomic E-state index is 13.9. The van der Waals surface area contributed by atoms with Crippen molar-refractivity contribution < 1.29 is 17.9 Å². The molecule has 0 aliphatic heterocycles. The number of para-hydroxylation sites is 1. The Morgan fingerprint density at radius 3 is 2.49 bits per heavy atom. The molecule has 5 rings (SSSR count). The van der Waals surface area contributed by atoms with Crippen molar-refractivity contribution in [1.82, 2.24) is 20.0 Å². The number of sulfone groups is 1. The Kier molecular flexibility index (Phi) is 5.78. The van der Waals surface area contributed by atoms with Crippen LogP contribution in [0.2, 0.25) is 0 Å². The van der Waals surface area contributed by atoms with Crippen LogP contribution in [0.1, 0.15) is 29.8 Å². The Morgan fingerprint density at radius 1 is 0.971 bits per heavy atom. The lowest BCUT2D eigenvalue weighted by Crippen LogP contribution is -2.11. The van der Waals surface area contributed by atoms with Gasteiger partial charge in [-0.1, -0.05) is 36.4 Å². The number of hydrogen-bond acceptors (Lipinski definition) is 7. The number of esters is 1. The monoisotopic (exact) mass is 486 g/mol. The molecule has 0 aliphatic carbocycles. The molecule has 0 radical (unpaired) electrons. The average Bonchev–Trinajstić information content (AvgIpc) is 3.31. The van der Waals surface area contributed by atoms with Gasteiger partial charge in [0.15, 0.2) is 0 Å². The Labute approximate surface area is 202 Å². The molecule has 0 aliphatic rings. The van der Waals surface area contributed by atoms with E-state index in [1.165, 1.54) is 10.9 Å². The lowest BCUT2D eigenvalue weighted by atomic mass is 10.1. The molecular weight excluding hydrogens is 464 g/mol. The van der Waals surface area contributed by atoms with Gasteiger partial charge in [0, 0.05) is 11.6 Å². The van der Waals surface area contributed by atoms with Gasteiger partial charge in [0.1, 0.15) is 10.4 Å². The smallest absolute Gasteiger partial charge is 0.338 e. The number of ether oxygens (including phenoxy) is 1. The van der Waals surface area contributed by atoms with Crippen LogP contribution in [-0.4, -0.2) is 41.0 Å². The number of rotatable bonds is 6. The molecule has 8 nitrogen and oxygen atoms in total. The summed E-state index contributed by atoms with van der Waals surface area (Å²) in [5.74, 6) is -0.507. The average molecular weight is 487 g/mol. The molecule has 5 aromatic rings. The van der Waals surface area contributed by atoms with Crippen molar-refractivity contribution in [2.75, 3.05) is 6.61 Å². The Bertz CT molecular complexity index is 1680. The number of fused-ring (bicyclic) bond motifs is 2. The third kappa shape index (κ3) is 3.93. The number of benzene rings is 3. The van der Waals surface area contributed by atoms with Crippen LogP contribution in [-0.2, 0) is 21.0 Å². The second-order valence-electron chi connectivity index (χ2n) is 7.91. The number of carbonyl (C=O) groups excluding carboxylic acids is 1. The summed E-state index contributed by atoms with van der Waals surface area (Å²) in [6.45, 7) is 3.95. The summed E-state index contributed by atoms with van der Waals surface area (Å²) >= 11 is 0. The van der Waals surface area contributed by atoms with Crippen molar-refractivity contribution in [1.29, 1.82) is 0 Å². The Balaban J connectivity index is 1.84. The predicted octanol–water partition coefficient (Wildman–Crippen LogP) is 4.54. The fourth-order valence-corrected chi connectivity index (χ4v) is 5.37. The van der Waals surface area contributed by atoms with Gasteiger partial charge in [-0.3, -0.25) is 4.98 Å². The van der Waals surface area contributed by atoms with Gasteiger partial charge in [0.25, 0.3) is 0 Å². The molecule has 2 aromatic heterocycles. The second-order valence-corrected chi connectivity index (χ2v) is 9.83. The van der Waals surface area contributed by atoms with Gasteiger partial charge in [0.05, 0.1) is 33.8 Å². The molecule has 0 bridgehead atoms. The predicted molar refractivity (Wildman–Crippen MR) is 131 cm³/mol. The lowest BCUT2D eigenvalue weighted by molar-refractivity contribution is 0.0526. The van der Waals surface area contributed by atoms with Crippen molar-refractivity contribution in [2.24, 2.45) is 0 Å². The summed E-state index contributed by atoms with van der Waals surface area (Å²) in [5, 5.41) is 8.94. The fourth-order valence-electron chi connectivity index (χ4n) is 3.98. The maximum Gasteiger partial charge on any atom is 0.338 e. The fraction of sp³-hybridized carbons (Fsp3) is 0.154. The molecule has 2 heterocycles. The first-order chi connectivity index (χ1) is 16.9. The topological polar surface area (TPSA) is 104 Å². The molecule has 3 aromatic carbocycles. The maximum absolute atomic E-state index is 13.9. The van der Waals surface area contributed by atoms with E-state index in [0.717, 1.165) is 12.0 Å². The molecule has 9 heteroatoms. The summed E-state index contributed by atoms with van der Waals surface area (Å²) in [5.41, 5.74) is 3.33. The first kappa shape index (κ1) is 22.7. The summed E-state index contributed by atoms with van der Waals surface area (Å²) in [7, 11) is -3.99. The first-order valence-electron chi connectivity index (χ1n) is 11.2. The van der Waals surface area contributed by atoms with Crippen LogP contribution in [0.15, 0.2) is 82.7 Å². The number of aromatic nitrogens is 4. The van der Waals surface area contributed by atoms with Crippen molar-refractivity contribution in [3.8, 4) is 5.69 Å². The van der Waals surface area contributed by atoms with E-state index in [0.29, 0.717) is 21.9 Å². The normalized spacial score (nSPS) is 11.7. The van der Waals surface area contributed by atoms with Crippen LogP contribution in [0.3, 0.4) is 0 Å². The van der Waals surface area contributed by atoms with Crippen LogP contribution in [0.25, 0.3) is 27.6 Å². The number of hydrogen-bond donors (Lipinski definition) is 0. The van der Waals surface area contributed by atoms with Crippen molar-refractivity contribution in [3.05, 3.63) is 84.1 Å². The number of pyridine rings is 1. The number of nitrogens with zero attached hydrogens (tertiary/aromatic N) is 4. The first-order valence-corrected chi connectivity index (χ1v) is 12.7. The highest BCUT2D eigenvalue weighted by molar-refractivity contribution is 7.91. The minimum absolute atomic E-state index is 0.0362. The van der Waals surface area contributed by atoms with Crippen LogP contribution >= 0.6 is 0 Å². The Hall–Kier alpha value is -4.11. The summed E-state index contributed by atoms with van der Waals surface area (Å²) in [6, 6.07) is 18.9. The molecule has 0 saturated heterocycles. The molecule has 0 amide bonds. The zero-order valence-corrected chi connectivity index (χ0v) is 20.0. The molecule has 176 valence electrons. The standard InChI is InChI=1S/C26H22N4O4S/c1-3-17-9-12-19(13-10-17)35(32,33)24-16-27-21-14-11-18(26(31)34-4-2)15-20(21)25(24)30-23-8-6-5-7-22(23)28-29-30/h5-16H,3-4H2,1-2H3. The minimum Gasteiger partial charge on any atom is -0.462 e. The third-order valence-electron chi connectivity index (χ3n) is 5.81. The van der Waals surface area contributed by atoms with Crippen LogP contribution in [0, 0.1) is 0 Å². The molecule has 0 spiro atoms. The van der Waals surface area contributed by atoms with Crippen molar-refractivity contribution in [2.45, 2.75) is 30.1 Å². The molecule has 0 atom stereocenters. The highest BCUT2D eigenvalue weighted by Gasteiger charge is 2.27. The zero-order chi connectivity index (χ0) is 24.6. The largest absolute Gasteiger partial charge is 0.462 e. The number of aryl methyl sites for hydroxylation is 1. The minimum atomic E-state index is -3.99. The molecular formula is C26H22N4O4S. The van der Waals surface area contributed by atoms with Gasteiger partial charge < -0.3 is 4.74 Å². The molecule has 0 saturated carbocycles. The quantitative estimate of drug-likeness (QED) is 0.325. The molecule has 35 heavy (non-hydrogen) atoms. The SMILES string of the molecule is CCOC(=O)c1ccc2ncc(S(=O)(=O)c3ccc(CC)cc3)c(-n3nnc4ccccc43)c2c1. The summed E-state index contributed by atoms with van der Waals surface area (Å²) < 4.78 is 34.4. The highest BCUT2D eigenvalue weighted by Crippen LogP contribution is 2.33. The van der Waals surface area contributed by atoms with Crippen LogP contribution in [0.5, 0.6) is 0 Å². The highest BCUT2D eigenvalue weighted by atomic mass is 32.2. The molecule has 0 N–H and O–H groups in total. The van der Waals surface area contributed by atoms with Crippen molar-refractivity contribution >= 4 is 37.7 Å². The number of carbonyl (C=O) groups is 1. The van der Waals surface area contributed by atoms with E-state index in [4.69, 9.17) is 4.74 Å². The van der Waals surface area contributed by atoms with Gasteiger partial charge in [-0.15, -0.1) is 5.10 Å². The van der Waals surface area contributed by atoms with E-state index in [-0.39, 0.29) is 27.6 Å². The van der Waals surface area contributed by atoms with Gasteiger partial charge >= 0.3 is 5.97 Å². The zero-order valence-electron chi connectivity index (χ0n) is 19.2.